The summed E-state index contributed by atoms with van der Waals surface area (Å²) in [5.74, 6) is 4.27. The van der Waals surface area contributed by atoms with Crippen molar-refractivity contribution in [3.05, 3.63) is 29.6 Å². The van der Waals surface area contributed by atoms with Crippen molar-refractivity contribution in [3.8, 4) is 11.8 Å². The smallest absolute Gasteiger partial charge is 0.317 e. The van der Waals surface area contributed by atoms with E-state index in [0.29, 0.717) is 5.56 Å². The molecular weight excluding hydrogens is 197 g/mol. The largest absolute Gasteiger partial charge is 0.468 e. The van der Waals surface area contributed by atoms with Crippen LogP contribution in [0.4, 0.5) is 10.1 Å². The van der Waals surface area contributed by atoms with Crippen LogP contribution in [0.5, 0.6) is 0 Å². The first-order chi connectivity index (χ1) is 7.13. The molecule has 0 aliphatic heterocycles. The average molecular weight is 207 g/mol. The number of carbonyl (C=O) groups is 1. The van der Waals surface area contributed by atoms with Crippen LogP contribution in [0.2, 0.25) is 0 Å². The quantitative estimate of drug-likeness (QED) is 0.429. The number of hydrogen-bond acceptors (Lipinski definition) is 3. The molecule has 4 heteroatoms. The number of nitrogen functional groups attached to an aromatic ring is 1. The number of nitrogens with two attached hydrogens (primary N) is 1. The number of ether oxygens (including phenoxy) is 1. The third-order valence-electron chi connectivity index (χ3n) is 1.69. The Morgan fingerprint density at radius 3 is 2.93 bits per heavy atom. The monoisotopic (exact) mass is 207 g/mol. The fraction of sp³-hybridized carbons (Fsp3) is 0.182. The Morgan fingerprint density at radius 2 is 2.33 bits per heavy atom. The number of hydrogen-bond donors (Lipinski definition) is 1. The maximum absolute atomic E-state index is 12.9. The minimum atomic E-state index is -0.514. The van der Waals surface area contributed by atoms with Crippen LogP contribution in [0.1, 0.15) is 12.0 Å². The van der Waals surface area contributed by atoms with E-state index in [1.165, 1.54) is 19.2 Å². The molecule has 1 rings (SSSR count). The van der Waals surface area contributed by atoms with Gasteiger partial charge >= 0.3 is 5.97 Å². The Balaban J connectivity index is 2.72. The maximum Gasteiger partial charge on any atom is 0.317 e. The molecule has 0 bridgehead atoms. The van der Waals surface area contributed by atoms with Crippen molar-refractivity contribution in [2.24, 2.45) is 0 Å². The first-order valence-electron chi connectivity index (χ1n) is 4.24. The summed E-state index contributed by atoms with van der Waals surface area (Å²) in [5, 5.41) is 0. The van der Waals surface area contributed by atoms with Gasteiger partial charge in [-0.3, -0.25) is 4.79 Å². The van der Waals surface area contributed by atoms with Gasteiger partial charge in [0.1, 0.15) is 12.2 Å². The molecule has 0 amide bonds. The lowest BCUT2D eigenvalue weighted by molar-refractivity contribution is -0.139. The molecule has 15 heavy (non-hydrogen) atoms. The van der Waals surface area contributed by atoms with Gasteiger partial charge in [-0.15, -0.1) is 0 Å². The van der Waals surface area contributed by atoms with Crippen molar-refractivity contribution < 1.29 is 13.9 Å². The molecule has 1 aromatic rings. The number of halogens is 1. The van der Waals surface area contributed by atoms with Gasteiger partial charge in [-0.05, 0) is 18.2 Å². The van der Waals surface area contributed by atoms with Gasteiger partial charge in [0, 0.05) is 5.56 Å². The van der Waals surface area contributed by atoms with E-state index in [1.807, 2.05) is 0 Å². The number of carbonyl (C=O) groups excluding carboxylic acids is 1. The van der Waals surface area contributed by atoms with Crippen molar-refractivity contribution in [2.45, 2.75) is 6.42 Å². The van der Waals surface area contributed by atoms with Crippen molar-refractivity contribution in [2.75, 3.05) is 12.8 Å². The Bertz CT molecular complexity index is 432. The lowest BCUT2D eigenvalue weighted by atomic mass is 10.2. The third-order valence-corrected chi connectivity index (χ3v) is 1.69. The van der Waals surface area contributed by atoms with Crippen LogP contribution in [0.3, 0.4) is 0 Å². The molecule has 0 spiro atoms. The van der Waals surface area contributed by atoms with Crippen LogP contribution in [-0.2, 0) is 9.53 Å². The summed E-state index contributed by atoms with van der Waals surface area (Å²) >= 11 is 0. The summed E-state index contributed by atoms with van der Waals surface area (Å²) in [5.41, 5.74) is 5.84. The molecule has 0 aromatic heterocycles. The van der Waals surface area contributed by atoms with Gasteiger partial charge in [0.2, 0.25) is 0 Å². The van der Waals surface area contributed by atoms with Gasteiger partial charge in [-0.1, -0.05) is 11.8 Å². The lowest BCUT2D eigenvalue weighted by Gasteiger charge is -1.95. The molecule has 0 saturated carbocycles. The van der Waals surface area contributed by atoms with E-state index in [0.717, 1.165) is 0 Å². The molecule has 0 heterocycles. The second-order valence-corrected chi connectivity index (χ2v) is 2.79. The zero-order chi connectivity index (χ0) is 11.3. The van der Waals surface area contributed by atoms with Crippen LogP contribution in [-0.4, -0.2) is 13.1 Å². The number of benzene rings is 1. The van der Waals surface area contributed by atoms with Crippen LogP contribution < -0.4 is 5.73 Å². The van der Waals surface area contributed by atoms with Gasteiger partial charge in [-0.2, -0.15) is 0 Å². The maximum atomic E-state index is 12.9. The van der Waals surface area contributed by atoms with Crippen LogP contribution in [0.15, 0.2) is 18.2 Å². The third kappa shape index (κ3) is 3.31. The second-order valence-electron chi connectivity index (χ2n) is 2.79. The Kier molecular flexibility index (Phi) is 3.69. The number of rotatable bonds is 1. The molecule has 0 fully saturated rings. The van der Waals surface area contributed by atoms with E-state index < -0.39 is 11.8 Å². The van der Waals surface area contributed by atoms with E-state index in [-0.39, 0.29) is 12.1 Å². The van der Waals surface area contributed by atoms with E-state index in [9.17, 15) is 9.18 Å². The minimum Gasteiger partial charge on any atom is -0.468 e. The zero-order valence-electron chi connectivity index (χ0n) is 8.21. The SMILES string of the molecule is COC(=O)CC#Cc1ccc(N)c(F)c1. The summed E-state index contributed by atoms with van der Waals surface area (Å²) in [4.78, 5) is 10.7. The van der Waals surface area contributed by atoms with E-state index in [2.05, 4.69) is 16.6 Å². The predicted molar refractivity (Wildman–Crippen MR) is 54.3 cm³/mol. The fourth-order valence-corrected chi connectivity index (χ4v) is 0.895. The van der Waals surface area contributed by atoms with E-state index in [1.54, 1.807) is 6.07 Å². The molecular formula is C11H10FNO2. The Hall–Kier alpha value is -2.02. The summed E-state index contributed by atoms with van der Waals surface area (Å²) in [6.45, 7) is 0. The molecule has 0 aliphatic carbocycles. The molecule has 0 aliphatic rings. The van der Waals surface area contributed by atoms with Gasteiger partial charge in [-0.25, -0.2) is 4.39 Å². The Labute approximate surface area is 87.0 Å². The summed E-state index contributed by atoms with van der Waals surface area (Å²) in [6.07, 6.45) is -0.0114. The van der Waals surface area contributed by atoms with Crippen molar-refractivity contribution in [3.63, 3.8) is 0 Å². The molecule has 0 unspecified atom stereocenters. The van der Waals surface area contributed by atoms with Gasteiger partial charge in [0.15, 0.2) is 0 Å². The van der Waals surface area contributed by atoms with Gasteiger partial charge in [0.05, 0.1) is 12.8 Å². The average Bonchev–Trinajstić information content (AvgIpc) is 2.23. The van der Waals surface area contributed by atoms with E-state index in [4.69, 9.17) is 5.73 Å². The van der Waals surface area contributed by atoms with Crippen molar-refractivity contribution in [1.29, 1.82) is 0 Å². The first-order valence-corrected chi connectivity index (χ1v) is 4.24. The highest BCUT2D eigenvalue weighted by molar-refractivity contribution is 5.72. The van der Waals surface area contributed by atoms with Crippen molar-refractivity contribution >= 4 is 11.7 Å². The standard InChI is InChI=1S/C11H10FNO2/c1-15-11(14)4-2-3-8-5-6-10(13)9(12)7-8/h5-7H,4,13H2,1H3. The van der Waals surface area contributed by atoms with Gasteiger partial charge in [0.25, 0.3) is 0 Å². The van der Waals surface area contributed by atoms with E-state index >= 15 is 0 Å². The number of esters is 1. The Morgan fingerprint density at radius 1 is 1.60 bits per heavy atom. The van der Waals surface area contributed by atoms with Crippen molar-refractivity contribution in [1.82, 2.24) is 0 Å². The van der Waals surface area contributed by atoms with Crippen LogP contribution >= 0.6 is 0 Å². The first kappa shape index (κ1) is 11.1. The number of methoxy groups -OCH3 is 1. The summed E-state index contributed by atoms with van der Waals surface area (Å²) < 4.78 is 17.3. The molecule has 3 nitrogen and oxygen atoms in total. The highest BCUT2D eigenvalue weighted by Crippen LogP contribution is 2.10. The van der Waals surface area contributed by atoms with Crippen LogP contribution in [0.25, 0.3) is 0 Å². The molecule has 0 saturated heterocycles. The van der Waals surface area contributed by atoms with Gasteiger partial charge < -0.3 is 10.5 Å². The molecule has 78 valence electrons. The number of anilines is 1. The van der Waals surface area contributed by atoms with Crippen LogP contribution in [0, 0.1) is 17.7 Å². The molecule has 2 N–H and O–H groups in total. The fourth-order valence-electron chi connectivity index (χ4n) is 0.895. The summed E-state index contributed by atoms with van der Waals surface area (Å²) in [6, 6.07) is 4.24. The normalized spacial score (nSPS) is 8.93. The lowest BCUT2D eigenvalue weighted by Crippen LogP contribution is -1.97. The zero-order valence-corrected chi connectivity index (χ0v) is 8.21. The summed E-state index contributed by atoms with van der Waals surface area (Å²) in [7, 11) is 1.28. The second kappa shape index (κ2) is 5.01. The highest BCUT2D eigenvalue weighted by atomic mass is 19.1. The molecule has 0 atom stereocenters. The predicted octanol–water partition coefficient (Wildman–Crippen LogP) is 1.32. The topological polar surface area (TPSA) is 52.3 Å². The molecule has 1 aromatic carbocycles. The minimum absolute atomic E-state index is 0.0114. The highest BCUT2D eigenvalue weighted by Gasteiger charge is 1.97. The molecule has 0 radical (unpaired) electrons.